The number of alkyl carbamates (subject to hydrolysis) is 1. The Morgan fingerprint density at radius 3 is 2.00 bits per heavy atom. The van der Waals surface area contributed by atoms with E-state index in [4.69, 9.17) is 42.6 Å². The summed E-state index contributed by atoms with van der Waals surface area (Å²) in [5, 5.41) is 12.6. The molecule has 5 rings (SSSR count). The molecule has 0 bridgehead atoms. The Hall–Kier alpha value is -5.71. The van der Waals surface area contributed by atoms with Crippen molar-refractivity contribution in [3.8, 4) is 22.6 Å². The third-order valence-electron chi connectivity index (χ3n) is 8.64. The molecular weight excluding hydrogens is 722 g/mol. The molecule has 2 N–H and O–H groups in total. The molecule has 1 aliphatic heterocycles. The Labute approximate surface area is 316 Å². The van der Waals surface area contributed by atoms with Gasteiger partial charge in [-0.05, 0) is 34.4 Å². The average Bonchev–Trinajstić information content (AvgIpc) is 3.48. The third kappa shape index (κ3) is 10.3. The summed E-state index contributed by atoms with van der Waals surface area (Å²) >= 11 is 0. The SMILES string of the molecule is COC(=O)[C@H]1O[C@@H](Oc2ccc(CO)c(OCCOCCNC(=O)OCC3c4ccccc4-c4ccccc43)c2)[C@H](OC(C)=O)[C@@H](OC(C)=O)[C@@H]1OC(C)=O. The van der Waals surface area contributed by atoms with Gasteiger partial charge in [-0.2, -0.15) is 0 Å². The van der Waals surface area contributed by atoms with Crippen LogP contribution in [0.5, 0.6) is 11.5 Å². The first-order chi connectivity index (χ1) is 26.5. The lowest BCUT2D eigenvalue weighted by Gasteiger charge is -2.43. The molecule has 3 aromatic carbocycles. The Kier molecular flexibility index (Phi) is 14.0. The number of hydrogen-bond donors (Lipinski definition) is 2. The second-order valence-electron chi connectivity index (χ2n) is 12.4. The van der Waals surface area contributed by atoms with E-state index >= 15 is 0 Å². The van der Waals surface area contributed by atoms with E-state index in [2.05, 4.69) is 17.4 Å². The maximum Gasteiger partial charge on any atom is 0.407 e. The van der Waals surface area contributed by atoms with Crippen LogP contribution in [0, 0.1) is 0 Å². The van der Waals surface area contributed by atoms with Gasteiger partial charge in [-0.25, -0.2) is 9.59 Å². The molecule has 1 heterocycles. The van der Waals surface area contributed by atoms with Crippen LogP contribution in [0.3, 0.4) is 0 Å². The van der Waals surface area contributed by atoms with Gasteiger partial charge in [0.05, 0.1) is 26.9 Å². The Balaban J connectivity index is 1.13. The molecule has 0 spiro atoms. The minimum atomic E-state index is -1.64. The lowest BCUT2D eigenvalue weighted by Crippen LogP contribution is -2.64. The van der Waals surface area contributed by atoms with Crippen LogP contribution >= 0.6 is 0 Å². The lowest BCUT2D eigenvalue weighted by molar-refractivity contribution is -0.282. The summed E-state index contributed by atoms with van der Waals surface area (Å²) in [6, 6.07) is 20.5. The van der Waals surface area contributed by atoms with Crippen LogP contribution in [0.4, 0.5) is 4.79 Å². The fourth-order valence-corrected chi connectivity index (χ4v) is 6.37. The van der Waals surface area contributed by atoms with Crippen molar-refractivity contribution in [1.82, 2.24) is 5.32 Å². The second kappa shape index (κ2) is 19.1. The molecule has 1 saturated heterocycles. The van der Waals surface area contributed by atoms with Crippen molar-refractivity contribution >= 4 is 30.0 Å². The Bertz CT molecular complexity index is 1800. The zero-order valence-electron chi connectivity index (χ0n) is 30.7. The minimum absolute atomic E-state index is 0.0421. The van der Waals surface area contributed by atoms with Gasteiger partial charge in [0.1, 0.15) is 24.7 Å². The summed E-state index contributed by atoms with van der Waals surface area (Å²) in [5.41, 5.74) is 4.90. The maximum atomic E-state index is 12.7. The highest BCUT2D eigenvalue weighted by molar-refractivity contribution is 5.79. The Morgan fingerprint density at radius 1 is 0.764 bits per heavy atom. The number of carbonyl (C=O) groups excluding carboxylic acids is 5. The first kappa shape index (κ1) is 40.5. The highest BCUT2D eigenvalue weighted by Gasteiger charge is 2.56. The molecule has 5 atom stereocenters. The molecule has 16 nitrogen and oxygen atoms in total. The minimum Gasteiger partial charge on any atom is -0.491 e. The first-order valence-electron chi connectivity index (χ1n) is 17.5. The van der Waals surface area contributed by atoms with Crippen molar-refractivity contribution < 1.29 is 71.7 Å². The van der Waals surface area contributed by atoms with E-state index in [0.29, 0.717) is 5.56 Å². The van der Waals surface area contributed by atoms with E-state index in [9.17, 15) is 29.1 Å². The molecule has 1 fully saturated rings. The standard InChI is InChI=1S/C39H43NO15/c1-22(42)51-33-34(52-23(2)43)36(53-24(3)44)38(55-35(33)37(45)47-4)54-26-14-13-25(20-41)32(19-26)49-18-17-48-16-15-40-39(46)50-21-31-29-11-7-5-9-27(29)28-10-6-8-12-30(28)31/h5-14,19,31,33-36,38,41H,15-18,20-21H2,1-4H3,(H,40,46)/t33-,34-,35-,36+,38+/m0/s1. The van der Waals surface area contributed by atoms with Gasteiger partial charge in [0.25, 0.3) is 0 Å². The van der Waals surface area contributed by atoms with Crippen LogP contribution < -0.4 is 14.8 Å². The van der Waals surface area contributed by atoms with E-state index in [1.54, 1.807) is 0 Å². The van der Waals surface area contributed by atoms with Crippen LogP contribution in [0.25, 0.3) is 11.1 Å². The number of fused-ring (bicyclic) bond motifs is 3. The van der Waals surface area contributed by atoms with Crippen molar-refractivity contribution in [1.29, 1.82) is 0 Å². The monoisotopic (exact) mass is 765 g/mol. The number of methoxy groups -OCH3 is 1. The van der Waals surface area contributed by atoms with Gasteiger partial charge in [0, 0.05) is 44.9 Å². The molecule has 0 radical (unpaired) electrons. The Morgan fingerprint density at radius 2 is 1.38 bits per heavy atom. The summed E-state index contributed by atoms with van der Waals surface area (Å²) in [4.78, 5) is 61.3. The smallest absolute Gasteiger partial charge is 0.407 e. The van der Waals surface area contributed by atoms with Gasteiger partial charge in [-0.15, -0.1) is 0 Å². The van der Waals surface area contributed by atoms with Crippen LogP contribution in [-0.4, -0.2) is 106 Å². The number of ether oxygens (including phenoxy) is 9. The van der Waals surface area contributed by atoms with E-state index in [1.165, 1.54) is 18.2 Å². The van der Waals surface area contributed by atoms with Crippen LogP contribution in [0.1, 0.15) is 43.4 Å². The number of carbonyl (C=O) groups is 5. The third-order valence-corrected chi connectivity index (χ3v) is 8.64. The number of hydrogen-bond acceptors (Lipinski definition) is 15. The molecule has 16 heteroatoms. The second-order valence-corrected chi connectivity index (χ2v) is 12.4. The number of amides is 1. The van der Waals surface area contributed by atoms with Crippen molar-refractivity contribution in [2.45, 2.75) is 64.0 Å². The van der Waals surface area contributed by atoms with Gasteiger partial charge in [0.2, 0.25) is 12.4 Å². The first-order valence-corrected chi connectivity index (χ1v) is 17.5. The fraction of sp³-hybridized carbons (Fsp3) is 0.410. The summed E-state index contributed by atoms with van der Waals surface area (Å²) < 4.78 is 49.6. The summed E-state index contributed by atoms with van der Waals surface area (Å²) in [7, 11) is 1.08. The van der Waals surface area contributed by atoms with E-state index < -0.39 is 60.7 Å². The van der Waals surface area contributed by atoms with Gasteiger partial charge in [0.15, 0.2) is 18.3 Å². The van der Waals surface area contributed by atoms with Crippen LogP contribution in [-0.2, 0) is 58.9 Å². The molecule has 0 unspecified atom stereocenters. The van der Waals surface area contributed by atoms with Gasteiger partial charge < -0.3 is 53.1 Å². The van der Waals surface area contributed by atoms with Crippen molar-refractivity contribution in [3.05, 3.63) is 83.4 Å². The number of nitrogens with one attached hydrogen (secondary N) is 1. The predicted molar refractivity (Wildman–Crippen MR) is 190 cm³/mol. The zero-order chi connectivity index (χ0) is 39.5. The highest BCUT2D eigenvalue weighted by atomic mass is 16.7. The molecule has 1 amide bonds. The number of esters is 4. The van der Waals surface area contributed by atoms with Gasteiger partial charge in [-0.3, -0.25) is 14.4 Å². The van der Waals surface area contributed by atoms with Crippen molar-refractivity contribution in [2.75, 3.05) is 40.1 Å². The van der Waals surface area contributed by atoms with E-state index in [0.717, 1.165) is 50.1 Å². The fourth-order valence-electron chi connectivity index (χ4n) is 6.37. The number of aliphatic hydroxyl groups is 1. The van der Waals surface area contributed by atoms with E-state index in [1.807, 2.05) is 36.4 Å². The summed E-state index contributed by atoms with van der Waals surface area (Å²) in [5.74, 6) is -3.23. The number of benzene rings is 3. The lowest BCUT2D eigenvalue weighted by atomic mass is 9.97. The maximum absolute atomic E-state index is 12.7. The molecule has 294 valence electrons. The van der Waals surface area contributed by atoms with Crippen LogP contribution in [0.15, 0.2) is 66.7 Å². The molecule has 2 aliphatic rings. The quantitative estimate of drug-likeness (QED) is 0.122. The average molecular weight is 766 g/mol. The van der Waals surface area contributed by atoms with Gasteiger partial charge >= 0.3 is 30.0 Å². The zero-order valence-corrected chi connectivity index (χ0v) is 30.7. The van der Waals surface area contributed by atoms with E-state index in [-0.39, 0.29) is 57.0 Å². The summed E-state index contributed by atoms with van der Waals surface area (Å²) in [6.07, 6.45) is -8.38. The summed E-state index contributed by atoms with van der Waals surface area (Å²) in [6.45, 7) is 3.56. The normalized spacial score (nSPS) is 19.9. The van der Waals surface area contributed by atoms with Crippen molar-refractivity contribution in [3.63, 3.8) is 0 Å². The predicted octanol–water partition coefficient (Wildman–Crippen LogP) is 3.18. The molecule has 0 saturated carbocycles. The molecule has 1 aliphatic carbocycles. The van der Waals surface area contributed by atoms with Crippen LogP contribution in [0.2, 0.25) is 0 Å². The van der Waals surface area contributed by atoms with Crippen molar-refractivity contribution in [2.24, 2.45) is 0 Å². The molecule has 55 heavy (non-hydrogen) atoms. The molecular formula is C39H43NO15. The highest BCUT2D eigenvalue weighted by Crippen LogP contribution is 2.44. The topological polar surface area (TPSA) is 201 Å². The van der Waals surface area contributed by atoms with Gasteiger partial charge in [-0.1, -0.05) is 48.5 Å². The molecule has 3 aromatic rings. The largest absolute Gasteiger partial charge is 0.491 e. The molecule has 0 aromatic heterocycles. The number of aliphatic hydroxyl groups excluding tert-OH is 1. The number of rotatable bonds is 16.